The quantitative estimate of drug-likeness (QED) is 0.277. The number of thioether (sulfide) groups is 1. The van der Waals surface area contributed by atoms with E-state index in [1.807, 2.05) is 6.92 Å². The summed E-state index contributed by atoms with van der Waals surface area (Å²) in [7, 11) is 0. The predicted octanol–water partition coefficient (Wildman–Crippen LogP) is 6.28. The lowest BCUT2D eigenvalue weighted by Gasteiger charge is -2.38. The van der Waals surface area contributed by atoms with Crippen LogP contribution in [0.2, 0.25) is 10.0 Å². The lowest BCUT2D eigenvalue weighted by molar-refractivity contribution is -0.116. The number of benzene rings is 2. The molecule has 1 aromatic heterocycles. The Morgan fingerprint density at radius 3 is 2.76 bits per heavy atom. The number of hydrogen-bond donors (Lipinski definition) is 2. The average molecular weight is 628 g/mol. The zero-order valence-corrected chi connectivity index (χ0v) is 25.0. The van der Waals surface area contributed by atoms with Gasteiger partial charge in [0.2, 0.25) is 11.0 Å². The molecular weight excluding hydrogens is 603 g/mol. The van der Waals surface area contributed by atoms with Gasteiger partial charge in [-0.15, -0.1) is 10.2 Å². The van der Waals surface area contributed by atoms with Gasteiger partial charge in [-0.3, -0.25) is 14.5 Å². The van der Waals surface area contributed by atoms with E-state index in [2.05, 4.69) is 21.6 Å². The first-order chi connectivity index (χ1) is 19.8. The molecule has 0 spiro atoms. The van der Waals surface area contributed by atoms with Crippen LogP contribution < -0.4 is 20.7 Å². The fraction of sp³-hybridized carbons (Fsp3) is 0.250. The normalized spacial score (nSPS) is 16.9. The molecule has 1 aliphatic heterocycles. The summed E-state index contributed by atoms with van der Waals surface area (Å²) >= 11 is 15.3. The summed E-state index contributed by atoms with van der Waals surface area (Å²) in [5.41, 5.74) is 9.12. The van der Waals surface area contributed by atoms with E-state index in [0.29, 0.717) is 62.9 Å². The van der Waals surface area contributed by atoms with Gasteiger partial charge in [0.25, 0.3) is 0 Å². The number of nitrogens with zero attached hydrogens (tertiary/aromatic N) is 4. The Bertz CT molecular complexity index is 1610. The molecule has 3 aromatic rings. The average Bonchev–Trinajstić information content (AvgIpc) is 3.43. The van der Waals surface area contributed by atoms with Crippen molar-refractivity contribution in [3.63, 3.8) is 0 Å². The van der Waals surface area contributed by atoms with Crippen LogP contribution >= 0.6 is 46.3 Å². The van der Waals surface area contributed by atoms with Crippen LogP contribution in [-0.4, -0.2) is 34.2 Å². The van der Waals surface area contributed by atoms with E-state index in [9.17, 15) is 14.9 Å². The highest BCUT2D eigenvalue weighted by Crippen LogP contribution is 2.49. The fourth-order valence-corrected chi connectivity index (χ4v) is 6.93. The van der Waals surface area contributed by atoms with Gasteiger partial charge in [-0.25, -0.2) is 0 Å². The number of carbonyl (C=O) groups is 2. The molecular formula is C28H24Cl2N6O3S2. The van der Waals surface area contributed by atoms with Gasteiger partial charge in [0.1, 0.15) is 11.6 Å². The molecule has 9 nitrogen and oxygen atoms in total. The van der Waals surface area contributed by atoms with Gasteiger partial charge in [0, 0.05) is 23.4 Å². The summed E-state index contributed by atoms with van der Waals surface area (Å²) < 4.78 is 5.96. The van der Waals surface area contributed by atoms with Crippen LogP contribution in [0.15, 0.2) is 69.5 Å². The van der Waals surface area contributed by atoms with Gasteiger partial charge >= 0.3 is 0 Å². The van der Waals surface area contributed by atoms with Crippen LogP contribution in [0.4, 0.5) is 10.8 Å². The molecule has 210 valence electrons. The zero-order valence-electron chi connectivity index (χ0n) is 21.8. The van der Waals surface area contributed by atoms with Crippen molar-refractivity contribution < 1.29 is 14.3 Å². The van der Waals surface area contributed by atoms with Gasteiger partial charge in [-0.2, -0.15) is 5.26 Å². The number of amides is 1. The summed E-state index contributed by atoms with van der Waals surface area (Å²) in [6, 6.07) is 14.5. The molecule has 2 heterocycles. The highest BCUT2D eigenvalue weighted by atomic mass is 35.5. The summed E-state index contributed by atoms with van der Waals surface area (Å²) in [6.45, 7) is 2.47. The monoisotopic (exact) mass is 626 g/mol. The Labute approximate surface area is 255 Å². The summed E-state index contributed by atoms with van der Waals surface area (Å²) in [5.74, 6) is -0.0296. The number of carbonyl (C=O) groups excluding carboxylic acids is 2. The van der Waals surface area contributed by atoms with E-state index in [4.69, 9.17) is 33.7 Å². The topological polar surface area (TPSA) is 134 Å². The maximum atomic E-state index is 13.3. The lowest BCUT2D eigenvalue weighted by atomic mass is 9.76. The van der Waals surface area contributed by atoms with Crippen molar-refractivity contribution in [1.29, 1.82) is 5.26 Å². The Balaban J connectivity index is 1.39. The number of Topliss-reactive ketones (excluding diaryl/α,β-unsaturated/α-hetero) is 1. The number of ether oxygens (including phenoxy) is 1. The highest BCUT2D eigenvalue weighted by molar-refractivity contribution is 8.01. The number of allylic oxidation sites excluding steroid dienone is 3. The van der Waals surface area contributed by atoms with Gasteiger partial charge in [0.05, 0.1) is 40.0 Å². The van der Waals surface area contributed by atoms with E-state index in [-0.39, 0.29) is 33.9 Å². The molecule has 1 amide bonds. The third-order valence-electron chi connectivity index (χ3n) is 6.57. The number of nitriles is 1. The number of nitrogens with one attached hydrogen (secondary N) is 1. The minimum absolute atomic E-state index is 0.0809. The first-order valence-corrected chi connectivity index (χ1v) is 15.3. The van der Waals surface area contributed by atoms with Gasteiger partial charge in [-0.1, -0.05) is 58.4 Å². The molecule has 1 unspecified atom stereocenters. The molecule has 2 aliphatic rings. The summed E-state index contributed by atoms with van der Waals surface area (Å²) in [4.78, 5) is 27.5. The molecule has 0 bridgehead atoms. The fourth-order valence-electron chi connectivity index (χ4n) is 4.84. The molecule has 0 saturated heterocycles. The Kier molecular flexibility index (Phi) is 8.85. The Hall–Kier alpha value is -3.56. The second kappa shape index (κ2) is 12.5. The third-order valence-corrected chi connectivity index (χ3v) is 9.44. The van der Waals surface area contributed by atoms with Crippen molar-refractivity contribution in [3.8, 4) is 11.8 Å². The van der Waals surface area contributed by atoms with Crippen LogP contribution in [0.3, 0.4) is 0 Å². The second-order valence-electron chi connectivity index (χ2n) is 9.10. The molecule has 2 aromatic carbocycles. The van der Waals surface area contributed by atoms with Crippen LogP contribution in [0.25, 0.3) is 0 Å². The van der Waals surface area contributed by atoms with Crippen molar-refractivity contribution >= 4 is 68.8 Å². The standard InChI is InChI=1S/C28H24Cl2N6O3S2/c1-2-39-16-11-9-15(10-12-16)33-22(38)14-40-28-35-34-27(41-28)36-20-7-4-8-21(37)24(20)23(18(13-31)26(36)32)17-5-3-6-19(29)25(17)30/h3,5-6,9-12,23H,2,4,7-8,14,32H2,1H3,(H,33,38). The van der Waals surface area contributed by atoms with Gasteiger partial charge in [0.15, 0.2) is 10.1 Å². The number of aromatic nitrogens is 2. The number of halogens is 2. The smallest absolute Gasteiger partial charge is 0.234 e. The zero-order chi connectivity index (χ0) is 29.1. The highest BCUT2D eigenvalue weighted by Gasteiger charge is 2.42. The number of nitrogens with two attached hydrogens (primary N) is 1. The summed E-state index contributed by atoms with van der Waals surface area (Å²) in [5, 5.41) is 22.6. The van der Waals surface area contributed by atoms with Crippen molar-refractivity contribution in [3.05, 3.63) is 80.7 Å². The molecule has 3 N–H and O–H groups in total. The van der Waals surface area contributed by atoms with Gasteiger partial charge in [-0.05, 0) is 55.7 Å². The molecule has 1 atom stereocenters. The van der Waals surface area contributed by atoms with E-state index in [1.165, 1.54) is 23.1 Å². The predicted molar refractivity (Wildman–Crippen MR) is 161 cm³/mol. The van der Waals surface area contributed by atoms with E-state index in [0.717, 1.165) is 5.75 Å². The molecule has 0 radical (unpaired) electrons. The maximum absolute atomic E-state index is 13.3. The van der Waals surface area contributed by atoms with Crippen molar-refractivity contribution in [1.82, 2.24) is 10.2 Å². The second-order valence-corrected chi connectivity index (χ2v) is 12.1. The minimum Gasteiger partial charge on any atom is -0.494 e. The number of rotatable bonds is 8. The van der Waals surface area contributed by atoms with Crippen molar-refractivity contribution in [2.24, 2.45) is 5.73 Å². The van der Waals surface area contributed by atoms with Crippen molar-refractivity contribution in [2.45, 2.75) is 36.4 Å². The summed E-state index contributed by atoms with van der Waals surface area (Å²) in [6.07, 6.45) is 1.54. The van der Waals surface area contributed by atoms with Crippen LogP contribution in [0.5, 0.6) is 5.75 Å². The molecule has 0 fully saturated rings. The first-order valence-electron chi connectivity index (χ1n) is 12.7. The van der Waals surface area contributed by atoms with Crippen LogP contribution in [0.1, 0.15) is 37.7 Å². The largest absolute Gasteiger partial charge is 0.494 e. The number of hydrogen-bond acceptors (Lipinski definition) is 10. The van der Waals surface area contributed by atoms with E-state index in [1.54, 1.807) is 47.4 Å². The van der Waals surface area contributed by atoms with Crippen LogP contribution in [0, 0.1) is 11.3 Å². The Morgan fingerprint density at radius 2 is 2.02 bits per heavy atom. The molecule has 13 heteroatoms. The molecule has 0 saturated carbocycles. The van der Waals surface area contributed by atoms with E-state index < -0.39 is 5.92 Å². The lowest BCUT2D eigenvalue weighted by Crippen LogP contribution is -2.38. The third kappa shape index (κ3) is 5.92. The molecule has 1 aliphatic carbocycles. The maximum Gasteiger partial charge on any atom is 0.234 e. The first kappa shape index (κ1) is 29.0. The van der Waals surface area contributed by atoms with E-state index >= 15 is 0 Å². The SMILES string of the molecule is CCOc1ccc(NC(=O)CSc2nnc(N3C(N)=C(C#N)C(c4cccc(Cl)c4Cl)C4=C3CCCC4=O)s2)cc1. The Morgan fingerprint density at radius 1 is 1.24 bits per heavy atom. The minimum atomic E-state index is -0.738. The number of anilines is 2. The van der Waals surface area contributed by atoms with Gasteiger partial charge < -0.3 is 15.8 Å². The molecule has 41 heavy (non-hydrogen) atoms. The molecule has 5 rings (SSSR count). The van der Waals surface area contributed by atoms with Crippen LogP contribution in [-0.2, 0) is 9.59 Å². The number of ketones is 1. The van der Waals surface area contributed by atoms with Crippen molar-refractivity contribution in [2.75, 3.05) is 22.6 Å².